The van der Waals surface area contributed by atoms with Gasteiger partial charge in [0.05, 0.1) is 5.92 Å². The van der Waals surface area contributed by atoms with E-state index in [0.717, 1.165) is 0 Å². The molecule has 2 fully saturated rings. The van der Waals surface area contributed by atoms with Crippen LogP contribution in [0.3, 0.4) is 0 Å². The van der Waals surface area contributed by atoms with Crippen LogP contribution < -0.4 is 5.73 Å². The number of aromatic amines is 1. The van der Waals surface area contributed by atoms with Crippen molar-refractivity contribution in [1.82, 2.24) is 15.2 Å². The van der Waals surface area contributed by atoms with Crippen molar-refractivity contribution in [3.05, 3.63) is 5.82 Å². The van der Waals surface area contributed by atoms with Gasteiger partial charge in [-0.05, 0) is 19.3 Å². The van der Waals surface area contributed by atoms with Gasteiger partial charge in [-0.3, -0.25) is 14.7 Å². The summed E-state index contributed by atoms with van der Waals surface area (Å²) in [5, 5.41) is 25.5. The van der Waals surface area contributed by atoms with Crippen molar-refractivity contribution in [2.75, 3.05) is 0 Å². The molecule has 2 unspecified atom stereocenters. The standard InChI is InChI=1S/C11H14N4O4S/c1-3-13-10(15-14-3)20-4-2-11(12,9(18)19)7-5(4)6(7)8(16)17/h4-7H,2,12H2,1H3,(H,16,17)(H,18,19)(H,13,14,15)/t4-,5?,6-,7?,11-/m0/s1. The lowest BCUT2D eigenvalue weighted by Gasteiger charge is -2.23. The van der Waals surface area contributed by atoms with Crippen LogP contribution in [-0.2, 0) is 9.59 Å². The van der Waals surface area contributed by atoms with Gasteiger partial charge in [0.25, 0.3) is 0 Å². The van der Waals surface area contributed by atoms with Crippen molar-refractivity contribution < 1.29 is 19.8 Å². The molecule has 0 amide bonds. The van der Waals surface area contributed by atoms with Crippen LogP contribution in [0, 0.1) is 24.7 Å². The van der Waals surface area contributed by atoms with Gasteiger partial charge in [-0.25, -0.2) is 4.98 Å². The quantitative estimate of drug-likeness (QED) is 0.593. The minimum atomic E-state index is -1.46. The molecule has 8 nitrogen and oxygen atoms in total. The van der Waals surface area contributed by atoms with Gasteiger partial charge >= 0.3 is 11.9 Å². The molecular formula is C11H14N4O4S. The maximum absolute atomic E-state index is 11.4. The van der Waals surface area contributed by atoms with E-state index in [4.69, 9.17) is 10.8 Å². The summed E-state index contributed by atoms with van der Waals surface area (Å²) < 4.78 is 0. The third-order valence-electron chi connectivity index (χ3n) is 4.16. The number of nitrogens with two attached hydrogens (primary N) is 1. The molecule has 0 aliphatic heterocycles. The molecule has 1 aromatic heterocycles. The van der Waals surface area contributed by atoms with Crippen LogP contribution in [0.5, 0.6) is 0 Å². The number of carboxylic acids is 2. The number of hydrogen-bond donors (Lipinski definition) is 4. The van der Waals surface area contributed by atoms with Gasteiger partial charge in [0.1, 0.15) is 11.4 Å². The number of thioether (sulfide) groups is 1. The van der Waals surface area contributed by atoms with E-state index in [1.54, 1.807) is 6.92 Å². The summed E-state index contributed by atoms with van der Waals surface area (Å²) in [6.07, 6.45) is 0.236. The summed E-state index contributed by atoms with van der Waals surface area (Å²) in [5.74, 6) is -2.86. The summed E-state index contributed by atoms with van der Waals surface area (Å²) >= 11 is 1.30. The number of hydrogen-bond acceptors (Lipinski definition) is 6. The fraction of sp³-hybridized carbons (Fsp3) is 0.636. The van der Waals surface area contributed by atoms with Crippen LogP contribution in [0.25, 0.3) is 0 Å². The zero-order valence-corrected chi connectivity index (χ0v) is 11.4. The number of nitrogens with one attached hydrogen (secondary N) is 1. The van der Waals surface area contributed by atoms with Gasteiger partial charge in [0.15, 0.2) is 0 Å². The molecular weight excluding hydrogens is 284 g/mol. The Labute approximate surface area is 118 Å². The highest BCUT2D eigenvalue weighted by atomic mass is 32.2. The summed E-state index contributed by atoms with van der Waals surface area (Å²) in [5.41, 5.74) is 4.48. The first kappa shape index (κ1) is 13.4. The second-order valence-corrected chi connectivity index (χ2v) is 6.58. The van der Waals surface area contributed by atoms with Crippen LogP contribution in [0.4, 0.5) is 0 Å². The highest BCUT2D eigenvalue weighted by molar-refractivity contribution is 7.99. The van der Waals surface area contributed by atoms with Crippen molar-refractivity contribution in [3.8, 4) is 0 Å². The van der Waals surface area contributed by atoms with Crippen molar-refractivity contribution in [2.45, 2.75) is 29.3 Å². The Kier molecular flexibility index (Phi) is 2.80. The van der Waals surface area contributed by atoms with E-state index in [1.807, 2.05) is 0 Å². The van der Waals surface area contributed by atoms with E-state index in [-0.39, 0.29) is 17.6 Å². The minimum absolute atomic E-state index is 0.183. The number of aromatic nitrogens is 3. The molecule has 20 heavy (non-hydrogen) atoms. The Bertz CT molecular complexity index is 591. The molecule has 2 aliphatic carbocycles. The molecule has 3 rings (SSSR count). The van der Waals surface area contributed by atoms with E-state index in [0.29, 0.717) is 11.0 Å². The summed E-state index contributed by atoms with van der Waals surface area (Å²) in [7, 11) is 0. The Morgan fingerprint density at radius 2 is 2.20 bits per heavy atom. The van der Waals surface area contributed by atoms with Gasteiger partial charge < -0.3 is 15.9 Å². The van der Waals surface area contributed by atoms with E-state index < -0.39 is 29.3 Å². The Morgan fingerprint density at radius 1 is 1.50 bits per heavy atom. The monoisotopic (exact) mass is 298 g/mol. The first-order chi connectivity index (χ1) is 9.34. The highest BCUT2D eigenvalue weighted by Crippen LogP contribution is 2.65. The number of H-pyrrole nitrogens is 1. The number of carboxylic acid groups (broad SMARTS) is 2. The van der Waals surface area contributed by atoms with E-state index in [2.05, 4.69) is 15.2 Å². The Hall–Kier alpha value is -1.61. The maximum Gasteiger partial charge on any atom is 0.324 e. The number of nitrogens with zero attached hydrogens (tertiary/aromatic N) is 2. The van der Waals surface area contributed by atoms with Gasteiger partial charge in [-0.2, -0.15) is 0 Å². The van der Waals surface area contributed by atoms with E-state index in [1.165, 1.54) is 11.8 Å². The SMILES string of the molecule is Cc1nc(S[C@H]2C[C@@](N)(C(=O)O)C3C2[C@@H]3C(=O)O)n[nH]1. The van der Waals surface area contributed by atoms with Crippen LogP contribution in [0.2, 0.25) is 0 Å². The number of fused-ring (bicyclic) bond motifs is 1. The zero-order chi connectivity index (χ0) is 14.7. The first-order valence-corrected chi connectivity index (χ1v) is 7.03. The lowest BCUT2D eigenvalue weighted by atomic mass is 9.91. The minimum Gasteiger partial charge on any atom is -0.481 e. The van der Waals surface area contributed by atoms with Gasteiger partial charge in [0, 0.05) is 11.2 Å². The molecule has 1 heterocycles. The summed E-state index contributed by atoms with van der Waals surface area (Å²) in [6, 6.07) is 0. The first-order valence-electron chi connectivity index (χ1n) is 6.15. The van der Waals surface area contributed by atoms with E-state index in [9.17, 15) is 14.7 Å². The average Bonchev–Trinajstić information content (AvgIpc) is 2.90. The molecule has 2 aliphatic rings. The molecule has 2 saturated carbocycles. The van der Waals surface area contributed by atoms with Crippen molar-refractivity contribution >= 4 is 23.7 Å². The maximum atomic E-state index is 11.4. The molecule has 0 aromatic carbocycles. The Morgan fingerprint density at radius 3 is 2.70 bits per heavy atom. The number of carbonyl (C=O) groups is 2. The van der Waals surface area contributed by atoms with Crippen molar-refractivity contribution in [3.63, 3.8) is 0 Å². The van der Waals surface area contributed by atoms with Gasteiger partial charge in [-0.1, -0.05) is 11.8 Å². The van der Waals surface area contributed by atoms with Crippen LogP contribution in [0.15, 0.2) is 5.16 Å². The fourth-order valence-electron chi connectivity index (χ4n) is 3.24. The van der Waals surface area contributed by atoms with Crippen molar-refractivity contribution in [2.24, 2.45) is 23.5 Å². The summed E-state index contributed by atoms with van der Waals surface area (Å²) in [4.78, 5) is 26.7. The molecule has 1 aromatic rings. The number of rotatable bonds is 4. The third-order valence-corrected chi connectivity index (χ3v) is 5.33. The molecule has 0 spiro atoms. The predicted molar refractivity (Wildman–Crippen MR) is 68.0 cm³/mol. The molecule has 5 atom stereocenters. The normalized spacial score (nSPS) is 38.5. The number of aryl methyl sites for hydroxylation is 1. The summed E-state index contributed by atoms with van der Waals surface area (Å²) in [6.45, 7) is 1.76. The Balaban J connectivity index is 1.83. The van der Waals surface area contributed by atoms with Gasteiger partial charge in [-0.15, -0.1) is 5.10 Å². The third kappa shape index (κ3) is 1.80. The predicted octanol–water partition coefficient (Wildman–Crippen LogP) is -0.294. The van der Waals surface area contributed by atoms with Crippen LogP contribution in [-0.4, -0.2) is 48.1 Å². The second-order valence-electron chi connectivity index (χ2n) is 5.38. The topological polar surface area (TPSA) is 142 Å². The fourth-order valence-corrected chi connectivity index (χ4v) is 4.66. The zero-order valence-electron chi connectivity index (χ0n) is 10.6. The van der Waals surface area contributed by atoms with Gasteiger partial charge in [0.2, 0.25) is 5.16 Å². The molecule has 0 saturated heterocycles. The largest absolute Gasteiger partial charge is 0.481 e. The highest BCUT2D eigenvalue weighted by Gasteiger charge is 2.74. The number of aliphatic carboxylic acids is 2. The molecule has 108 valence electrons. The lowest BCUT2D eigenvalue weighted by molar-refractivity contribution is -0.145. The molecule has 0 bridgehead atoms. The van der Waals surface area contributed by atoms with Crippen molar-refractivity contribution in [1.29, 1.82) is 0 Å². The molecule has 0 radical (unpaired) electrons. The molecule has 9 heteroatoms. The molecule has 5 N–H and O–H groups in total. The second kappa shape index (κ2) is 4.19. The lowest BCUT2D eigenvalue weighted by Crippen LogP contribution is -2.50. The smallest absolute Gasteiger partial charge is 0.324 e. The van der Waals surface area contributed by atoms with Crippen LogP contribution in [0.1, 0.15) is 12.2 Å². The van der Waals surface area contributed by atoms with Crippen LogP contribution >= 0.6 is 11.8 Å². The van der Waals surface area contributed by atoms with E-state index >= 15 is 0 Å². The average molecular weight is 298 g/mol.